The molecule has 31 heavy (non-hydrogen) atoms. The topological polar surface area (TPSA) is 40.4 Å². The van der Waals surface area contributed by atoms with Crippen LogP contribution in [0.1, 0.15) is 38.5 Å². The molecule has 166 valence electrons. The van der Waals surface area contributed by atoms with E-state index in [9.17, 15) is 4.39 Å². The molecule has 3 heterocycles. The number of quaternary nitrogens is 1. The van der Waals surface area contributed by atoms with E-state index in [1.165, 1.54) is 39.2 Å². The van der Waals surface area contributed by atoms with Gasteiger partial charge in [-0.1, -0.05) is 25.3 Å². The molecule has 0 N–H and O–H groups in total. The molecule has 1 saturated heterocycles. The first kappa shape index (κ1) is 20.6. The van der Waals surface area contributed by atoms with Gasteiger partial charge in [-0.3, -0.25) is 0 Å². The molecular formula is C24H33FN5O+. The van der Waals surface area contributed by atoms with Crippen molar-refractivity contribution in [2.24, 2.45) is 15.9 Å². The van der Waals surface area contributed by atoms with Gasteiger partial charge < -0.3 is 9.64 Å². The highest BCUT2D eigenvalue weighted by Crippen LogP contribution is 2.37. The lowest BCUT2D eigenvalue weighted by atomic mass is 9.88. The van der Waals surface area contributed by atoms with Crippen LogP contribution in [0.5, 0.6) is 5.75 Å². The fourth-order valence-corrected chi connectivity index (χ4v) is 5.83. The summed E-state index contributed by atoms with van der Waals surface area (Å²) in [6.45, 7) is 3.82. The molecule has 1 aromatic rings. The van der Waals surface area contributed by atoms with Crippen LogP contribution in [0.2, 0.25) is 0 Å². The third kappa shape index (κ3) is 3.89. The van der Waals surface area contributed by atoms with Gasteiger partial charge >= 0.3 is 0 Å². The smallest absolute Gasteiger partial charge is 0.254 e. The zero-order valence-electron chi connectivity index (χ0n) is 18.4. The van der Waals surface area contributed by atoms with Gasteiger partial charge in [0, 0.05) is 43.7 Å². The average molecular weight is 427 g/mol. The fourth-order valence-electron chi connectivity index (χ4n) is 5.83. The van der Waals surface area contributed by atoms with E-state index >= 15 is 0 Å². The summed E-state index contributed by atoms with van der Waals surface area (Å²) in [6.07, 6.45) is 15.5. The lowest BCUT2D eigenvalue weighted by Crippen LogP contribution is -2.67. The van der Waals surface area contributed by atoms with Crippen LogP contribution in [0.15, 0.2) is 40.5 Å². The van der Waals surface area contributed by atoms with Gasteiger partial charge in [-0.2, -0.15) is 9.98 Å². The molecule has 4 aliphatic rings. The minimum absolute atomic E-state index is 0.116. The Morgan fingerprint density at radius 1 is 1.19 bits per heavy atom. The number of halogens is 1. The maximum Gasteiger partial charge on any atom is 0.254 e. The highest BCUT2D eigenvalue weighted by molar-refractivity contribution is 5.83. The van der Waals surface area contributed by atoms with Crippen molar-refractivity contribution in [3.8, 4) is 5.75 Å². The van der Waals surface area contributed by atoms with E-state index in [0.717, 1.165) is 38.3 Å². The molecule has 0 radical (unpaired) electrons. The van der Waals surface area contributed by atoms with Gasteiger partial charge in [0.1, 0.15) is 12.0 Å². The van der Waals surface area contributed by atoms with Gasteiger partial charge in [0.15, 0.2) is 17.9 Å². The van der Waals surface area contributed by atoms with E-state index in [1.807, 2.05) is 12.4 Å². The molecular weight excluding hydrogens is 393 g/mol. The number of piperazine rings is 1. The fraction of sp³-hybridized carbons (Fsp3) is 0.583. The second kappa shape index (κ2) is 8.71. The maximum atomic E-state index is 14.9. The quantitative estimate of drug-likeness (QED) is 0.669. The average Bonchev–Trinajstić information content (AvgIpc) is 3.28. The van der Waals surface area contributed by atoms with Gasteiger partial charge in [-0.15, -0.1) is 0 Å². The van der Waals surface area contributed by atoms with E-state index in [2.05, 4.69) is 27.1 Å². The van der Waals surface area contributed by atoms with Crippen LogP contribution in [0.3, 0.4) is 0 Å². The molecule has 1 aliphatic carbocycles. The third-order valence-electron chi connectivity index (χ3n) is 7.44. The number of aliphatic imine (C=N–C) groups is 2. The molecule has 2 fully saturated rings. The largest absolute Gasteiger partial charge is 0.494 e. The molecule has 0 aromatic heterocycles. The van der Waals surface area contributed by atoms with Crippen molar-refractivity contribution in [2.45, 2.75) is 50.9 Å². The predicted octanol–water partition coefficient (Wildman–Crippen LogP) is 3.98. The predicted molar refractivity (Wildman–Crippen MR) is 123 cm³/mol. The van der Waals surface area contributed by atoms with Crippen LogP contribution in [0.25, 0.3) is 0 Å². The molecule has 5 rings (SSSR count). The summed E-state index contributed by atoms with van der Waals surface area (Å²) in [6, 6.07) is 5.88. The Kier molecular flexibility index (Phi) is 5.80. The molecule has 0 bridgehead atoms. The summed E-state index contributed by atoms with van der Waals surface area (Å²) in [5, 5.41) is 0. The Balaban J connectivity index is 1.51. The Labute approximate surface area is 184 Å². The van der Waals surface area contributed by atoms with Crippen LogP contribution in [-0.4, -0.2) is 68.1 Å². The van der Waals surface area contributed by atoms with Crippen LogP contribution < -0.4 is 9.22 Å². The maximum absolute atomic E-state index is 14.9. The number of ether oxygens (including phenoxy) is 1. The Hall–Kier alpha value is -2.25. The Morgan fingerprint density at radius 2 is 2.06 bits per heavy atom. The highest BCUT2D eigenvalue weighted by atomic mass is 19.1. The second-order valence-corrected chi connectivity index (χ2v) is 9.32. The third-order valence-corrected chi connectivity index (χ3v) is 7.44. The molecule has 6 nitrogen and oxygen atoms in total. The van der Waals surface area contributed by atoms with E-state index < -0.39 is 0 Å². The van der Waals surface area contributed by atoms with Gasteiger partial charge in [0.05, 0.1) is 13.7 Å². The summed E-state index contributed by atoms with van der Waals surface area (Å²) < 4.78 is 20.5. The number of nitrogens with zero attached hydrogens (tertiary/aromatic N) is 5. The minimum atomic E-state index is -0.326. The number of fused-ring (bicyclic) bond motifs is 1. The van der Waals surface area contributed by atoms with Crippen LogP contribution in [-0.2, 0) is 0 Å². The number of benzene rings is 1. The second-order valence-electron chi connectivity index (χ2n) is 9.32. The van der Waals surface area contributed by atoms with Gasteiger partial charge in [0.2, 0.25) is 0 Å². The first-order valence-electron chi connectivity index (χ1n) is 11.6. The SMILES string of the molecule is COc1ccc([N+]2(CC3CCCCC3)C=NC=NC2N2CCN3C=CCC3C2)cc1F. The number of hydrogen-bond donors (Lipinski definition) is 0. The zero-order chi connectivity index (χ0) is 21.3. The first-order valence-corrected chi connectivity index (χ1v) is 11.6. The summed E-state index contributed by atoms with van der Waals surface area (Å²) >= 11 is 0. The van der Waals surface area contributed by atoms with Crippen LogP contribution in [0, 0.1) is 11.7 Å². The van der Waals surface area contributed by atoms with Crippen molar-refractivity contribution in [3.63, 3.8) is 0 Å². The van der Waals surface area contributed by atoms with Crippen molar-refractivity contribution < 1.29 is 9.13 Å². The number of hydrogen-bond acceptors (Lipinski definition) is 5. The van der Waals surface area contributed by atoms with Gasteiger partial charge in [0.25, 0.3) is 6.29 Å². The minimum Gasteiger partial charge on any atom is -0.494 e. The zero-order valence-corrected chi connectivity index (χ0v) is 18.4. The van der Waals surface area contributed by atoms with E-state index in [4.69, 9.17) is 9.73 Å². The lowest BCUT2D eigenvalue weighted by molar-refractivity contribution is 0.0312. The summed E-state index contributed by atoms with van der Waals surface area (Å²) in [5.74, 6) is 0.544. The summed E-state index contributed by atoms with van der Waals surface area (Å²) in [7, 11) is 1.51. The number of rotatable bonds is 5. The summed E-state index contributed by atoms with van der Waals surface area (Å²) in [5.41, 5.74) is 0.904. The van der Waals surface area contributed by atoms with Crippen molar-refractivity contribution in [2.75, 3.05) is 33.3 Å². The van der Waals surface area contributed by atoms with Crippen molar-refractivity contribution in [3.05, 3.63) is 36.3 Å². The van der Waals surface area contributed by atoms with E-state index in [-0.39, 0.29) is 17.9 Å². The summed E-state index contributed by atoms with van der Waals surface area (Å²) in [4.78, 5) is 14.4. The lowest BCUT2D eigenvalue weighted by Gasteiger charge is -2.48. The first-order chi connectivity index (χ1) is 15.2. The van der Waals surface area contributed by atoms with Gasteiger partial charge in [-0.05, 0) is 31.5 Å². The number of methoxy groups -OCH3 is 1. The molecule has 3 aliphatic heterocycles. The van der Waals surface area contributed by atoms with E-state index in [1.54, 1.807) is 18.5 Å². The van der Waals surface area contributed by atoms with Crippen LogP contribution in [0.4, 0.5) is 10.1 Å². The molecule has 7 heteroatoms. The van der Waals surface area contributed by atoms with Crippen LogP contribution >= 0.6 is 0 Å². The Morgan fingerprint density at radius 3 is 2.87 bits per heavy atom. The molecule has 3 unspecified atom stereocenters. The molecule has 1 saturated carbocycles. The normalized spacial score (nSPS) is 31.2. The van der Waals surface area contributed by atoms with Crippen molar-refractivity contribution in [1.29, 1.82) is 0 Å². The monoisotopic (exact) mass is 426 g/mol. The standard InChI is InChI=1S/C24H33FN5O/c1-31-23-10-9-21(14-22(23)25)30(16-19-6-3-2-4-7-19)18-26-17-27-24(30)29-13-12-28-11-5-8-20(28)15-29/h5,9-11,14,17-20,24H,2-4,6-8,12-13,15-16H2,1H3/q+1. The van der Waals surface area contributed by atoms with Crippen molar-refractivity contribution in [1.82, 2.24) is 14.3 Å². The highest BCUT2D eigenvalue weighted by Gasteiger charge is 2.47. The van der Waals surface area contributed by atoms with E-state index in [0.29, 0.717) is 16.4 Å². The molecule has 1 aromatic carbocycles. The van der Waals surface area contributed by atoms with Gasteiger partial charge in [-0.25, -0.2) is 13.8 Å². The Bertz CT molecular complexity index is 881. The molecule has 3 atom stereocenters. The van der Waals surface area contributed by atoms with Crippen molar-refractivity contribution >= 4 is 18.4 Å². The molecule has 0 amide bonds. The molecule has 0 spiro atoms.